The molecule has 0 aliphatic carbocycles. The van der Waals surface area contributed by atoms with Crippen molar-refractivity contribution >= 4 is 11.8 Å². The summed E-state index contributed by atoms with van der Waals surface area (Å²) in [4.78, 5) is 25.4. The van der Waals surface area contributed by atoms with Crippen LogP contribution in [0.2, 0.25) is 0 Å². The average molecular weight is 241 g/mol. The zero-order valence-electron chi connectivity index (χ0n) is 11.0. The monoisotopic (exact) mass is 241 g/mol. The third-order valence-electron chi connectivity index (χ3n) is 3.24. The lowest BCUT2D eigenvalue weighted by atomic mass is 9.96. The number of hydrogen-bond acceptors (Lipinski definition) is 3. The summed E-state index contributed by atoms with van der Waals surface area (Å²) in [6.45, 7) is 8.82. The van der Waals surface area contributed by atoms with Crippen LogP contribution in [0.5, 0.6) is 0 Å². The fourth-order valence-corrected chi connectivity index (χ4v) is 2.15. The van der Waals surface area contributed by atoms with Crippen LogP contribution in [0.15, 0.2) is 0 Å². The first-order valence-corrected chi connectivity index (χ1v) is 6.36. The first-order valence-electron chi connectivity index (χ1n) is 6.36. The second kappa shape index (κ2) is 6.59. The lowest BCUT2D eigenvalue weighted by molar-refractivity contribution is -0.139. The van der Waals surface area contributed by atoms with Gasteiger partial charge in [0.15, 0.2) is 0 Å². The molecule has 1 saturated heterocycles. The number of nitrogens with zero attached hydrogens (tertiary/aromatic N) is 1. The fourth-order valence-electron chi connectivity index (χ4n) is 2.15. The molecule has 0 aromatic heterocycles. The maximum atomic E-state index is 12.2. The zero-order valence-corrected chi connectivity index (χ0v) is 11.0. The van der Waals surface area contributed by atoms with Crippen LogP contribution in [0.25, 0.3) is 0 Å². The Bertz CT molecular complexity index is 281. The van der Waals surface area contributed by atoms with Gasteiger partial charge in [0.05, 0.1) is 12.5 Å². The molecule has 1 heterocycles. The predicted octanol–water partition coefficient (Wildman–Crippen LogP) is -0.173. The Hall–Kier alpha value is -1.10. The van der Waals surface area contributed by atoms with Gasteiger partial charge in [0.2, 0.25) is 11.8 Å². The molecule has 5 nitrogen and oxygen atoms in total. The summed E-state index contributed by atoms with van der Waals surface area (Å²) in [7, 11) is 0. The molecule has 1 aliphatic heterocycles. The molecule has 98 valence electrons. The van der Waals surface area contributed by atoms with E-state index in [9.17, 15) is 9.59 Å². The lowest BCUT2D eigenvalue weighted by Gasteiger charge is -2.25. The smallest absolute Gasteiger partial charge is 0.239 e. The van der Waals surface area contributed by atoms with Crippen molar-refractivity contribution < 1.29 is 9.59 Å². The highest BCUT2D eigenvalue weighted by Gasteiger charge is 2.32. The minimum atomic E-state index is -0.0821. The Morgan fingerprint density at radius 3 is 2.53 bits per heavy atom. The van der Waals surface area contributed by atoms with E-state index in [0.717, 1.165) is 13.1 Å². The Balaban J connectivity index is 2.54. The van der Waals surface area contributed by atoms with Gasteiger partial charge in [-0.1, -0.05) is 6.92 Å². The van der Waals surface area contributed by atoms with E-state index in [4.69, 9.17) is 0 Å². The van der Waals surface area contributed by atoms with Crippen LogP contribution in [0.1, 0.15) is 20.8 Å². The molecule has 0 spiro atoms. The zero-order chi connectivity index (χ0) is 12.8. The molecule has 1 rings (SSSR count). The first kappa shape index (κ1) is 14.0. The Morgan fingerprint density at radius 1 is 1.35 bits per heavy atom. The lowest BCUT2D eigenvalue weighted by Crippen LogP contribution is -2.44. The van der Waals surface area contributed by atoms with E-state index >= 15 is 0 Å². The molecule has 0 aromatic carbocycles. The Kier molecular flexibility index (Phi) is 5.41. The van der Waals surface area contributed by atoms with Crippen LogP contribution in [-0.4, -0.2) is 49.4 Å². The summed E-state index contributed by atoms with van der Waals surface area (Å²) in [5, 5.41) is 5.93. The predicted molar refractivity (Wildman–Crippen MR) is 66.5 cm³/mol. The summed E-state index contributed by atoms with van der Waals surface area (Å²) in [6, 6.07) is 0. The van der Waals surface area contributed by atoms with Gasteiger partial charge in [-0.25, -0.2) is 0 Å². The number of likely N-dealkylation sites (N-methyl/N-ethyl adjacent to an activating group) is 2. The maximum absolute atomic E-state index is 12.2. The molecule has 5 heteroatoms. The van der Waals surface area contributed by atoms with Gasteiger partial charge < -0.3 is 15.5 Å². The van der Waals surface area contributed by atoms with E-state index in [-0.39, 0.29) is 24.3 Å². The number of nitrogens with one attached hydrogen (secondary N) is 2. The molecule has 17 heavy (non-hydrogen) atoms. The van der Waals surface area contributed by atoms with Gasteiger partial charge in [-0.05, 0) is 26.3 Å². The highest BCUT2D eigenvalue weighted by atomic mass is 16.2. The Labute approximate surface area is 103 Å². The molecule has 0 saturated carbocycles. The molecule has 0 radical (unpaired) electrons. The average Bonchev–Trinajstić information content (AvgIpc) is 2.72. The molecular weight excluding hydrogens is 218 g/mol. The van der Waals surface area contributed by atoms with Gasteiger partial charge >= 0.3 is 0 Å². The standard InChI is InChI=1S/C12H23N3O2/c1-4-14-11(16)8-15(5-2)12(17)10-7-13-6-9(10)3/h9-10,13H,4-8H2,1-3H3,(H,14,16)/t9-,10-/m1/s1. The van der Waals surface area contributed by atoms with Crippen molar-refractivity contribution in [3.63, 3.8) is 0 Å². The number of amides is 2. The molecule has 0 aromatic rings. The van der Waals surface area contributed by atoms with Crippen LogP contribution in [0, 0.1) is 11.8 Å². The topological polar surface area (TPSA) is 61.4 Å². The third-order valence-corrected chi connectivity index (χ3v) is 3.24. The highest BCUT2D eigenvalue weighted by molar-refractivity contribution is 5.86. The second-order valence-electron chi connectivity index (χ2n) is 4.55. The van der Waals surface area contributed by atoms with E-state index in [1.165, 1.54) is 0 Å². The van der Waals surface area contributed by atoms with E-state index in [2.05, 4.69) is 17.6 Å². The van der Waals surface area contributed by atoms with Crippen molar-refractivity contribution in [3.8, 4) is 0 Å². The van der Waals surface area contributed by atoms with Crippen LogP contribution >= 0.6 is 0 Å². The number of hydrogen-bond donors (Lipinski definition) is 2. The molecule has 1 aliphatic rings. The first-order chi connectivity index (χ1) is 8.10. The van der Waals surface area contributed by atoms with Crippen molar-refractivity contribution in [2.24, 2.45) is 11.8 Å². The summed E-state index contributed by atoms with van der Waals surface area (Å²) >= 11 is 0. The number of carbonyl (C=O) groups is 2. The molecule has 1 fully saturated rings. The molecule has 0 unspecified atom stereocenters. The van der Waals surface area contributed by atoms with Gasteiger partial charge in [0.1, 0.15) is 0 Å². The molecule has 2 N–H and O–H groups in total. The Morgan fingerprint density at radius 2 is 2.06 bits per heavy atom. The van der Waals surface area contributed by atoms with Gasteiger partial charge in [0.25, 0.3) is 0 Å². The summed E-state index contributed by atoms with van der Waals surface area (Å²) in [5.41, 5.74) is 0. The number of rotatable bonds is 5. The van der Waals surface area contributed by atoms with E-state index in [0.29, 0.717) is 19.0 Å². The van der Waals surface area contributed by atoms with Crippen molar-refractivity contribution in [1.82, 2.24) is 15.5 Å². The van der Waals surface area contributed by atoms with E-state index in [1.54, 1.807) is 4.90 Å². The largest absolute Gasteiger partial charge is 0.355 e. The third kappa shape index (κ3) is 3.70. The molecule has 2 amide bonds. The second-order valence-corrected chi connectivity index (χ2v) is 4.55. The maximum Gasteiger partial charge on any atom is 0.239 e. The highest BCUT2D eigenvalue weighted by Crippen LogP contribution is 2.18. The van der Waals surface area contributed by atoms with Crippen LogP contribution in [0.3, 0.4) is 0 Å². The van der Waals surface area contributed by atoms with Gasteiger partial charge in [-0.2, -0.15) is 0 Å². The van der Waals surface area contributed by atoms with Gasteiger partial charge in [0, 0.05) is 19.6 Å². The molecule has 0 bridgehead atoms. The minimum Gasteiger partial charge on any atom is -0.355 e. The van der Waals surface area contributed by atoms with E-state index < -0.39 is 0 Å². The van der Waals surface area contributed by atoms with Gasteiger partial charge in [-0.15, -0.1) is 0 Å². The fraction of sp³-hybridized carbons (Fsp3) is 0.833. The van der Waals surface area contributed by atoms with E-state index in [1.807, 2.05) is 13.8 Å². The SMILES string of the molecule is CCNC(=O)CN(CC)C(=O)[C@@H]1CNC[C@H]1C. The van der Waals surface area contributed by atoms with Gasteiger partial charge in [-0.3, -0.25) is 9.59 Å². The molecule has 2 atom stereocenters. The van der Waals surface area contributed by atoms with Crippen molar-refractivity contribution in [2.45, 2.75) is 20.8 Å². The van der Waals surface area contributed by atoms with Crippen molar-refractivity contribution in [3.05, 3.63) is 0 Å². The summed E-state index contributed by atoms with van der Waals surface area (Å²) in [6.07, 6.45) is 0. The quantitative estimate of drug-likeness (QED) is 0.702. The summed E-state index contributed by atoms with van der Waals surface area (Å²) < 4.78 is 0. The molecular formula is C12H23N3O2. The van der Waals surface area contributed by atoms with Crippen LogP contribution in [-0.2, 0) is 9.59 Å². The number of carbonyl (C=O) groups excluding carboxylic acids is 2. The van der Waals surface area contributed by atoms with Crippen LogP contribution < -0.4 is 10.6 Å². The summed E-state index contributed by atoms with van der Waals surface area (Å²) in [5.74, 6) is 0.382. The van der Waals surface area contributed by atoms with Crippen molar-refractivity contribution in [1.29, 1.82) is 0 Å². The normalized spacial score (nSPS) is 23.5. The minimum absolute atomic E-state index is 0.0179. The van der Waals surface area contributed by atoms with Crippen LogP contribution in [0.4, 0.5) is 0 Å². The van der Waals surface area contributed by atoms with Crippen molar-refractivity contribution in [2.75, 3.05) is 32.7 Å².